The van der Waals surface area contributed by atoms with E-state index in [1.54, 1.807) is 0 Å². The average Bonchev–Trinajstić information content (AvgIpc) is 2.56. The summed E-state index contributed by atoms with van der Waals surface area (Å²) in [7, 11) is 0. The number of hydrogen-bond acceptors (Lipinski definition) is 3. The summed E-state index contributed by atoms with van der Waals surface area (Å²) in [6, 6.07) is 0.702. The van der Waals surface area contributed by atoms with E-state index in [9.17, 15) is 0 Å². The second kappa shape index (κ2) is 5.49. The lowest BCUT2D eigenvalue weighted by Gasteiger charge is -2.33. The van der Waals surface area contributed by atoms with Gasteiger partial charge in [-0.3, -0.25) is 0 Å². The Morgan fingerprint density at radius 2 is 2.06 bits per heavy atom. The standard InChI is InChI=1S/C14H24N2S/c1-9-5-6-13(10(2)7-9)15-8-14-11(3)16-12(4)17-14/h9-10,13,15H,5-8H2,1-4H3. The maximum atomic E-state index is 4.48. The Bertz CT molecular complexity index is 372. The Morgan fingerprint density at radius 1 is 1.29 bits per heavy atom. The number of rotatable bonds is 3. The fourth-order valence-electron chi connectivity index (χ4n) is 2.93. The molecule has 17 heavy (non-hydrogen) atoms. The van der Waals surface area contributed by atoms with Gasteiger partial charge in [-0.05, 0) is 44.9 Å². The molecule has 1 saturated carbocycles. The summed E-state index contributed by atoms with van der Waals surface area (Å²) in [4.78, 5) is 5.89. The number of nitrogens with zero attached hydrogens (tertiary/aromatic N) is 1. The number of aromatic nitrogens is 1. The van der Waals surface area contributed by atoms with Crippen LogP contribution in [0.15, 0.2) is 0 Å². The van der Waals surface area contributed by atoms with Gasteiger partial charge in [0, 0.05) is 17.5 Å². The average molecular weight is 252 g/mol. The molecule has 96 valence electrons. The summed E-state index contributed by atoms with van der Waals surface area (Å²) in [5.41, 5.74) is 1.21. The second-order valence-electron chi connectivity index (χ2n) is 5.62. The smallest absolute Gasteiger partial charge is 0.0900 e. The Balaban J connectivity index is 1.88. The third-order valence-electron chi connectivity index (χ3n) is 3.96. The molecule has 0 bridgehead atoms. The Kier molecular flexibility index (Phi) is 4.21. The molecule has 3 unspecified atom stereocenters. The predicted octanol–water partition coefficient (Wildman–Crippen LogP) is 3.67. The van der Waals surface area contributed by atoms with Gasteiger partial charge in [0.05, 0.1) is 10.7 Å². The summed E-state index contributed by atoms with van der Waals surface area (Å²) in [6.07, 6.45) is 4.08. The minimum atomic E-state index is 0.702. The molecule has 0 amide bonds. The summed E-state index contributed by atoms with van der Waals surface area (Å²) < 4.78 is 0. The molecule has 0 saturated heterocycles. The van der Waals surface area contributed by atoms with Crippen molar-refractivity contribution in [2.45, 2.75) is 59.5 Å². The number of hydrogen-bond donors (Lipinski definition) is 1. The highest BCUT2D eigenvalue weighted by molar-refractivity contribution is 7.11. The van der Waals surface area contributed by atoms with Gasteiger partial charge in [-0.2, -0.15) is 0 Å². The highest BCUT2D eigenvalue weighted by Crippen LogP contribution is 2.29. The largest absolute Gasteiger partial charge is 0.309 e. The molecule has 1 aliphatic rings. The minimum Gasteiger partial charge on any atom is -0.309 e. The highest BCUT2D eigenvalue weighted by Gasteiger charge is 2.24. The predicted molar refractivity (Wildman–Crippen MR) is 74.4 cm³/mol. The maximum absolute atomic E-state index is 4.48. The van der Waals surface area contributed by atoms with Crippen molar-refractivity contribution in [3.05, 3.63) is 15.6 Å². The number of aryl methyl sites for hydroxylation is 2. The molecule has 1 aromatic heterocycles. The molecule has 3 atom stereocenters. The molecule has 3 heteroatoms. The van der Waals surface area contributed by atoms with Gasteiger partial charge < -0.3 is 5.32 Å². The normalized spacial score (nSPS) is 29.5. The van der Waals surface area contributed by atoms with Crippen LogP contribution in [0, 0.1) is 25.7 Å². The molecular weight excluding hydrogens is 228 g/mol. The Morgan fingerprint density at radius 3 is 2.65 bits per heavy atom. The number of thiazole rings is 1. The lowest BCUT2D eigenvalue weighted by atomic mass is 9.80. The van der Waals surface area contributed by atoms with Crippen molar-refractivity contribution in [2.24, 2.45) is 11.8 Å². The molecule has 2 nitrogen and oxygen atoms in total. The lowest BCUT2D eigenvalue weighted by Crippen LogP contribution is -2.38. The zero-order valence-corrected chi connectivity index (χ0v) is 12.2. The van der Waals surface area contributed by atoms with Crippen LogP contribution >= 0.6 is 11.3 Å². The molecule has 1 aromatic rings. The molecule has 1 fully saturated rings. The van der Waals surface area contributed by atoms with Crippen LogP contribution in [0.3, 0.4) is 0 Å². The van der Waals surface area contributed by atoms with E-state index in [1.165, 1.54) is 34.8 Å². The molecular formula is C14H24N2S. The van der Waals surface area contributed by atoms with E-state index in [2.05, 4.69) is 38.0 Å². The first-order valence-corrected chi connectivity index (χ1v) is 7.54. The van der Waals surface area contributed by atoms with Crippen LogP contribution in [0.4, 0.5) is 0 Å². The van der Waals surface area contributed by atoms with Crippen LogP contribution < -0.4 is 5.32 Å². The van der Waals surface area contributed by atoms with Gasteiger partial charge in [-0.1, -0.05) is 13.8 Å². The van der Waals surface area contributed by atoms with E-state index in [-0.39, 0.29) is 0 Å². The van der Waals surface area contributed by atoms with Crippen molar-refractivity contribution in [2.75, 3.05) is 0 Å². The third-order valence-corrected chi connectivity index (χ3v) is 5.03. The van der Waals surface area contributed by atoms with Crippen LogP contribution in [0.1, 0.15) is 48.7 Å². The van der Waals surface area contributed by atoms with Gasteiger partial charge in [-0.15, -0.1) is 11.3 Å². The first kappa shape index (κ1) is 13.0. The van der Waals surface area contributed by atoms with Crippen molar-refractivity contribution in [1.29, 1.82) is 0 Å². The SMILES string of the molecule is Cc1nc(C)c(CNC2CCC(C)CC2C)s1. The lowest BCUT2D eigenvalue weighted by molar-refractivity contribution is 0.227. The van der Waals surface area contributed by atoms with Crippen molar-refractivity contribution >= 4 is 11.3 Å². The molecule has 1 N–H and O–H groups in total. The van der Waals surface area contributed by atoms with Crippen molar-refractivity contribution < 1.29 is 0 Å². The minimum absolute atomic E-state index is 0.702. The van der Waals surface area contributed by atoms with Crippen LogP contribution in [0.2, 0.25) is 0 Å². The van der Waals surface area contributed by atoms with Gasteiger partial charge in [-0.25, -0.2) is 4.98 Å². The Labute approximate surface area is 109 Å². The van der Waals surface area contributed by atoms with Crippen LogP contribution in [0.5, 0.6) is 0 Å². The van der Waals surface area contributed by atoms with Gasteiger partial charge >= 0.3 is 0 Å². The van der Waals surface area contributed by atoms with Crippen LogP contribution in [-0.2, 0) is 6.54 Å². The fraction of sp³-hybridized carbons (Fsp3) is 0.786. The van der Waals surface area contributed by atoms with E-state index in [4.69, 9.17) is 0 Å². The van der Waals surface area contributed by atoms with Crippen molar-refractivity contribution in [1.82, 2.24) is 10.3 Å². The molecule has 0 spiro atoms. The molecule has 0 aromatic carbocycles. The van der Waals surface area contributed by atoms with Gasteiger partial charge in [0.25, 0.3) is 0 Å². The zero-order chi connectivity index (χ0) is 12.4. The molecule has 1 aliphatic carbocycles. The summed E-state index contributed by atoms with van der Waals surface area (Å²) in [5.74, 6) is 1.73. The van der Waals surface area contributed by atoms with E-state index < -0.39 is 0 Å². The summed E-state index contributed by atoms with van der Waals surface area (Å²) in [6.45, 7) is 9.97. The second-order valence-corrected chi connectivity index (χ2v) is 6.91. The van der Waals surface area contributed by atoms with Gasteiger partial charge in [0.15, 0.2) is 0 Å². The van der Waals surface area contributed by atoms with Gasteiger partial charge in [0.2, 0.25) is 0 Å². The van der Waals surface area contributed by atoms with Crippen LogP contribution in [-0.4, -0.2) is 11.0 Å². The van der Waals surface area contributed by atoms with Crippen molar-refractivity contribution in [3.63, 3.8) is 0 Å². The van der Waals surface area contributed by atoms with E-state index in [0.717, 1.165) is 18.4 Å². The highest BCUT2D eigenvalue weighted by atomic mass is 32.1. The molecule has 0 aliphatic heterocycles. The first-order valence-electron chi connectivity index (χ1n) is 6.72. The van der Waals surface area contributed by atoms with E-state index >= 15 is 0 Å². The topological polar surface area (TPSA) is 24.9 Å². The summed E-state index contributed by atoms with van der Waals surface area (Å²) >= 11 is 1.83. The van der Waals surface area contributed by atoms with Crippen LogP contribution in [0.25, 0.3) is 0 Å². The van der Waals surface area contributed by atoms with E-state index in [0.29, 0.717) is 6.04 Å². The number of nitrogens with one attached hydrogen (secondary N) is 1. The monoisotopic (exact) mass is 252 g/mol. The first-order chi connectivity index (χ1) is 8.06. The van der Waals surface area contributed by atoms with Crippen molar-refractivity contribution in [3.8, 4) is 0 Å². The Hall–Kier alpha value is -0.410. The quantitative estimate of drug-likeness (QED) is 0.887. The zero-order valence-electron chi connectivity index (χ0n) is 11.4. The van der Waals surface area contributed by atoms with E-state index in [1.807, 2.05) is 11.3 Å². The third kappa shape index (κ3) is 3.29. The fourth-order valence-corrected chi connectivity index (χ4v) is 3.82. The summed E-state index contributed by atoms with van der Waals surface area (Å²) in [5, 5.41) is 4.92. The molecule has 0 radical (unpaired) electrons. The molecule has 1 heterocycles. The maximum Gasteiger partial charge on any atom is 0.0900 e. The van der Waals surface area contributed by atoms with Gasteiger partial charge in [0.1, 0.15) is 0 Å². The molecule has 2 rings (SSSR count).